The Morgan fingerprint density at radius 2 is 1.89 bits per heavy atom. The van der Waals surface area contributed by atoms with Gasteiger partial charge in [0.1, 0.15) is 23.5 Å². The number of morpholine rings is 1. The molecule has 5 rings (SSSR count). The van der Waals surface area contributed by atoms with Crippen LogP contribution in [-0.2, 0) is 4.74 Å². The maximum atomic E-state index is 14.4. The van der Waals surface area contributed by atoms with E-state index in [1.807, 2.05) is 12.1 Å². The number of aryl methyl sites for hydroxylation is 1. The normalized spacial score (nSPS) is 18.5. The lowest BCUT2D eigenvalue weighted by atomic mass is 10.1. The van der Waals surface area contributed by atoms with E-state index in [9.17, 15) is 9.65 Å². The molecular formula is C26H28FN7O. The zero-order chi connectivity index (χ0) is 24.4. The van der Waals surface area contributed by atoms with E-state index in [0.717, 1.165) is 11.4 Å². The molecule has 2 fully saturated rings. The highest BCUT2D eigenvalue weighted by Gasteiger charge is 2.28. The van der Waals surface area contributed by atoms with E-state index in [-0.39, 0.29) is 11.9 Å². The van der Waals surface area contributed by atoms with Gasteiger partial charge < -0.3 is 19.4 Å². The predicted molar refractivity (Wildman–Crippen MR) is 133 cm³/mol. The average Bonchev–Trinajstić information content (AvgIpc) is 2.90. The molecule has 0 spiro atoms. The van der Waals surface area contributed by atoms with Crippen LogP contribution < -0.4 is 14.7 Å². The quantitative estimate of drug-likeness (QED) is 0.570. The summed E-state index contributed by atoms with van der Waals surface area (Å²) in [5.74, 6) is 1.91. The van der Waals surface area contributed by atoms with Gasteiger partial charge in [0.05, 0.1) is 24.5 Å². The maximum absolute atomic E-state index is 14.4. The number of pyridine rings is 1. The van der Waals surface area contributed by atoms with Crippen molar-refractivity contribution >= 4 is 17.6 Å². The van der Waals surface area contributed by atoms with Crippen molar-refractivity contribution in [2.45, 2.75) is 19.9 Å². The Balaban J connectivity index is 1.47. The number of rotatable bonds is 4. The Morgan fingerprint density at radius 3 is 2.63 bits per heavy atom. The predicted octanol–water partition coefficient (Wildman–Crippen LogP) is 3.41. The molecular weight excluding hydrogens is 445 g/mol. The minimum absolute atomic E-state index is 0.118. The van der Waals surface area contributed by atoms with E-state index in [2.05, 4.69) is 32.7 Å². The Kier molecular flexibility index (Phi) is 6.47. The molecule has 2 aliphatic heterocycles. The van der Waals surface area contributed by atoms with Crippen LogP contribution in [0.25, 0.3) is 11.3 Å². The third-order valence-electron chi connectivity index (χ3n) is 6.59. The Bertz CT molecular complexity index is 1250. The second-order valence-electron chi connectivity index (χ2n) is 8.95. The van der Waals surface area contributed by atoms with Gasteiger partial charge in [-0.1, -0.05) is 12.1 Å². The maximum Gasteiger partial charge on any atom is 0.228 e. The van der Waals surface area contributed by atoms with Crippen molar-refractivity contribution < 1.29 is 9.13 Å². The molecule has 2 saturated heterocycles. The zero-order valence-electron chi connectivity index (χ0n) is 20.0. The topological polar surface area (TPSA) is 81.4 Å². The van der Waals surface area contributed by atoms with Gasteiger partial charge in [-0.25, -0.2) is 14.4 Å². The van der Waals surface area contributed by atoms with Gasteiger partial charge >= 0.3 is 0 Å². The van der Waals surface area contributed by atoms with E-state index in [4.69, 9.17) is 14.7 Å². The van der Waals surface area contributed by atoms with Crippen LogP contribution in [0.4, 0.5) is 22.0 Å². The second kappa shape index (κ2) is 9.84. The molecule has 0 radical (unpaired) electrons. The van der Waals surface area contributed by atoms with E-state index in [1.165, 1.54) is 6.07 Å². The Labute approximate surface area is 204 Å². The Hall–Kier alpha value is -3.77. The number of ether oxygens (including phenoxy) is 1. The molecule has 1 aromatic carbocycles. The fraction of sp³-hybridized carbons (Fsp3) is 0.385. The average molecular weight is 474 g/mol. The van der Waals surface area contributed by atoms with E-state index < -0.39 is 0 Å². The highest BCUT2D eigenvalue weighted by Crippen LogP contribution is 2.29. The van der Waals surface area contributed by atoms with Crippen LogP contribution in [0.2, 0.25) is 0 Å². The molecule has 0 amide bonds. The largest absolute Gasteiger partial charge is 0.378 e. The molecule has 4 heterocycles. The van der Waals surface area contributed by atoms with Crippen LogP contribution in [0.15, 0.2) is 42.6 Å². The molecule has 9 heteroatoms. The van der Waals surface area contributed by atoms with Crippen molar-refractivity contribution in [2.24, 2.45) is 0 Å². The first kappa shape index (κ1) is 23.0. The third-order valence-corrected chi connectivity index (χ3v) is 6.59. The number of hydrogen-bond donors (Lipinski definition) is 0. The number of anilines is 3. The summed E-state index contributed by atoms with van der Waals surface area (Å²) in [7, 11) is 0. The number of nitriles is 1. The van der Waals surface area contributed by atoms with Crippen molar-refractivity contribution in [3.63, 3.8) is 0 Å². The first-order valence-electron chi connectivity index (χ1n) is 11.9. The summed E-state index contributed by atoms with van der Waals surface area (Å²) in [5, 5.41) is 9.49. The molecule has 0 N–H and O–H groups in total. The van der Waals surface area contributed by atoms with Crippen molar-refractivity contribution in [2.75, 3.05) is 60.6 Å². The standard InChI is InChI=1S/C26H28FN7O/c1-18-5-6-20(14-22(18)27)23-15-24(31-26(30-23)32-10-12-35-13-11-32)34-9-8-33(17-19(34)2)25-21(16-28)4-3-7-29-25/h3-7,14-15,19H,8-13,17H2,1-2H3/t19-/m1/s1. The fourth-order valence-electron chi connectivity index (χ4n) is 4.60. The van der Waals surface area contributed by atoms with E-state index in [0.29, 0.717) is 74.5 Å². The summed E-state index contributed by atoms with van der Waals surface area (Å²) >= 11 is 0. The minimum atomic E-state index is -0.249. The molecule has 3 aromatic rings. The highest BCUT2D eigenvalue weighted by atomic mass is 19.1. The van der Waals surface area contributed by atoms with Gasteiger partial charge in [-0.2, -0.15) is 10.2 Å². The molecule has 8 nitrogen and oxygen atoms in total. The van der Waals surface area contributed by atoms with Crippen LogP contribution in [-0.4, -0.2) is 66.9 Å². The molecule has 0 saturated carbocycles. The third kappa shape index (κ3) is 4.75. The van der Waals surface area contributed by atoms with Crippen LogP contribution >= 0.6 is 0 Å². The molecule has 1 atom stereocenters. The van der Waals surface area contributed by atoms with Crippen LogP contribution in [0.3, 0.4) is 0 Å². The van der Waals surface area contributed by atoms with Gasteiger partial charge in [0, 0.05) is 56.6 Å². The van der Waals surface area contributed by atoms with Crippen LogP contribution in [0, 0.1) is 24.1 Å². The van der Waals surface area contributed by atoms with Crippen LogP contribution in [0.1, 0.15) is 18.1 Å². The van der Waals surface area contributed by atoms with Crippen molar-refractivity contribution in [3.8, 4) is 17.3 Å². The molecule has 180 valence electrons. The monoisotopic (exact) mass is 473 g/mol. The first-order chi connectivity index (χ1) is 17.0. The number of aromatic nitrogens is 3. The molecule has 0 bridgehead atoms. The van der Waals surface area contributed by atoms with Crippen molar-refractivity contribution in [1.29, 1.82) is 5.26 Å². The number of benzene rings is 1. The van der Waals surface area contributed by atoms with Gasteiger partial charge in [0.25, 0.3) is 0 Å². The molecule has 2 aliphatic rings. The smallest absolute Gasteiger partial charge is 0.228 e. The Morgan fingerprint density at radius 1 is 1.06 bits per heavy atom. The number of nitrogens with zero attached hydrogens (tertiary/aromatic N) is 7. The van der Waals surface area contributed by atoms with Crippen LogP contribution in [0.5, 0.6) is 0 Å². The molecule has 35 heavy (non-hydrogen) atoms. The molecule has 0 unspecified atom stereocenters. The summed E-state index contributed by atoms with van der Waals surface area (Å²) in [6.45, 7) is 8.70. The summed E-state index contributed by atoms with van der Waals surface area (Å²) < 4.78 is 19.9. The molecule has 2 aromatic heterocycles. The van der Waals surface area contributed by atoms with Gasteiger partial charge in [-0.3, -0.25) is 0 Å². The summed E-state index contributed by atoms with van der Waals surface area (Å²) in [6.07, 6.45) is 1.72. The van der Waals surface area contributed by atoms with Crippen molar-refractivity contribution in [3.05, 3.63) is 59.5 Å². The van der Waals surface area contributed by atoms with E-state index >= 15 is 0 Å². The fourth-order valence-corrected chi connectivity index (χ4v) is 4.60. The van der Waals surface area contributed by atoms with E-state index in [1.54, 1.807) is 31.3 Å². The SMILES string of the molecule is Cc1ccc(-c2cc(N3CCN(c4ncccc4C#N)C[C@H]3C)nc(N3CCOCC3)n2)cc1F. The lowest BCUT2D eigenvalue weighted by molar-refractivity contribution is 0.122. The van der Waals surface area contributed by atoms with Gasteiger partial charge in [-0.15, -0.1) is 0 Å². The molecule has 0 aliphatic carbocycles. The summed E-state index contributed by atoms with van der Waals surface area (Å²) in [4.78, 5) is 20.7. The number of halogens is 1. The minimum Gasteiger partial charge on any atom is -0.378 e. The second-order valence-corrected chi connectivity index (χ2v) is 8.95. The van der Waals surface area contributed by atoms with Gasteiger partial charge in [0.2, 0.25) is 5.95 Å². The lowest BCUT2D eigenvalue weighted by Gasteiger charge is -2.41. The first-order valence-corrected chi connectivity index (χ1v) is 11.9. The van der Waals surface area contributed by atoms with Crippen molar-refractivity contribution in [1.82, 2.24) is 15.0 Å². The summed E-state index contributed by atoms with van der Waals surface area (Å²) in [5.41, 5.74) is 2.60. The number of hydrogen-bond acceptors (Lipinski definition) is 8. The van der Waals surface area contributed by atoms with Gasteiger partial charge in [-0.05, 0) is 37.6 Å². The number of piperazine rings is 1. The van der Waals surface area contributed by atoms with Gasteiger partial charge in [0.15, 0.2) is 0 Å². The lowest BCUT2D eigenvalue weighted by Crippen LogP contribution is -2.53. The summed E-state index contributed by atoms with van der Waals surface area (Å²) in [6, 6.07) is 13.1. The zero-order valence-corrected chi connectivity index (χ0v) is 20.0. The highest BCUT2D eigenvalue weighted by molar-refractivity contribution is 5.66.